The van der Waals surface area contributed by atoms with Crippen molar-refractivity contribution in [2.24, 2.45) is 5.73 Å². The van der Waals surface area contributed by atoms with Crippen LogP contribution in [0.4, 0.5) is 5.69 Å². The average Bonchev–Trinajstić information content (AvgIpc) is 3.12. The number of amides is 1. The fraction of sp³-hybridized carbons (Fsp3) is 0.500. The number of aryl methyl sites for hydroxylation is 1. The second-order valence-electron chi connectivity index (χ2n) is 5.02. The maximum absolute atomic E-state index is 11.7. The van der Waals surface area contributed by atoms with E-state index in [2.05, 4.69) is 11.4 Å². The molecular weight excluding hydrogens is 226 g/mol. The molecule has 0 atom stereocenters. The van der Waals surface area contributed by atoms with Gasteiger partial charge in [-0.3, -0.25) is 4.79 Å². The summed E-state index contributed by atoms with van der Waals surface area (Å²) < 4.78 is 0. The molecule has 3 N–H and O–H groups in total. The van der Waals surface area contributed by atoms with Crippen LogP contribution in [-0.4, -0.2) is 25.5 Å². The third-order valence-electron chi connectivity index (χ3n) is 3.23. The molecule has 18 heavy (non-hydrogen) atoms. The quantitative estimate of drug-likeness (QED) is 0.821. The number of benzene rings is 1. The van der Waals surface area contributed by atoms with Crippen molar-refractivity contribution in [2.45, 2.75) is 32.4 Å². The molecule has 1 aliphatic carbocycles. The Morgan fingerprint density at radius 2 is 2.22 bits per heavy atom. The number of rotatable bonds is 5. The van der Waals surface area contributed by atoms with Crippen molar-refractivity contribution in [3.8, 4) is 0 Å². The van der Waals surface area contributed by atoms with Gasteiger partial charge in [0, 0.05) is 25.3 Å². The van der Waals surface area contributed by atoms with Gasteiger partial charge in [-0.05, 0) is 37.0 Å². The standard InChI is InChI=1S/C14H21N3O/c1-10-7-11(8-15)3-6-13(10)17(2)9-14(18)16-12-4-5-12/h3,6-7,12H,4-5,8-9,15H2,1-2H3,(H,16,18). The zero-order valence-corrected chi connectivity index (χ0v) is 11.1. The van der Waals surface area contributed by atoms with Crippen LogP contribution in [0.15, 0.2) is 18.2 Å². The molecule has 1 aromatic rings. The van der Waals surface area contributed by atoms with Crippen LogP contribution in [-0.2, 0) is 11.3 Å². The first kappa shape index (κ1) is 12.9. The lowest BCUT2D eigenvalue weighted by atomic mass is 10.1. The SMILES string of the molecule is Cc1cc(CN)ccc1N(C)CC(=O)NC1CC1. The van der Waals surface area contributed by atoms with E-state index < -0.39 is 0 Å². The smallest absolute Gasteiger partial charge is 0.239 e. The van der Waals surface area contributed by atoms with Gasteiger partial charge in [-0.15, -0.1) is 0 Å². The molecule has 1 aliphatic rings. The van der Waals surface area contributed by atoms with Crippen LogP contribution in [0.3, 0.4) is 0 Å². The Hall–Kier alpha value is -1.55. The van der Waals surface area contributed by atoms with Crippen LogP contribution in [0, 0.1) is 6.92 Å². The minimum Gasteiger partial charge on any atom is -0.365 e. The molecule has 98 valence electrons. The second kappa shape index (κ2) is 5.40. The van der Waals surface area contributed by atoms with Crippen molar-refractivity contribution in [3.63, 3.8) is 0 Å². The number of nitrogens with one attached hydrogen (secondary N) is 1. The van der Waals surface area contributed by atoms with Gasteiger partial charge in [0.2, 0.25) is 5.91 Å². The van der Waals surface area contributed by atoms with Gasteiger partial charge in [0.25, 0.3) is 0 Å². The molecule has 1 saturated carbocycles. The summed E-state index contributed by atoms with van der Waals surface area (Å²) in [5.74, 6) is 0.0994. The van der Waals surface area contributed by atoms with E-state index in [9.17, 15) is 4.79 Å². The van der Waals surface area contributed by atoms with Gasteiger partial charge in [0.1, 0.15) is 0 Å². The first-order chi connectivity index (χ1) is 8.60. The second-order valence-corrected chi connectivity index (χ2v) is 5.02. The molecule has 2 rings (SSSR count). The van der Waals surface area contributed by atoms with Gasteiger partial charge >= 0.3 is 0 Å². The van der Waals surface area contributed by atoms with E-state index >= 15 is 0 Å². The van der Waals surface area contributed by atoms with E-state index in [4.69, 9.17) is 5.73 Å². The number of nitrogens with zero attached hydrogens (tertiary/aromatic N) is 1. The molecule has 0 radical (unpaired) electrons. The van der Waals surface area contributed by atoms with Crippen LogP contribution < -0.4 is 16.0 Å². The molecule has 4 nitrogen and oxygen atoms in total. The summed E-state index contributed by atoms with van der Waals surface area (Å²) in [6.07, 6.45) is 2.25. The van der Waals surface area contributed by atoms with Crippen molar-refractivity contribution < 1.29 is 4.79 Å². The van der Waals surface area contributed by atoms with Gasteiger partial charge < -0.3 is 16.0 Å². The van der Waals surface area contributed by atoms with Gasteiger partial charge in [-0.25, -0.2) is 0 Å². The minimum atomic E-state index is 0.0994. The highest BCUT2D eigenvalue weighted by molar-refractivity contribution is 5.82. The predicted octanol–water partition coefficient (Wildman–Crippen LogP) is 1.17. The number of carbonyl (C=O) groups is 1. The van der Waals surface area contributed by atoms with Crippen LogP contribution in [0.5, 0.6) is 0 Å². The fourth-order valence-corrected chi connectivity index (χ4v) is 2.07. The Morgan fingerprint density at radius 1 is 1.50 bits per heavy atom. The third kappa shape index (κ3) is 3.23. The molecule has 1 fully saturated rings. The molecule has 0 aromatic heterocycles. The molecule has 0 saturated heterocycles. The molecule has 1 aromatic carbocycles. The largest absolute Gasteiger partial charge is 0.365 e. The maximum atomic E-state index is 11.7. The first-order valence-corrected chi connectivity index (χ1v) is 6.40. The molecule has 0 bridgehead atoms. The fourth-order valence-electron chi connectivity index (χ4n) is 2.07. The van der Waals surface area contributed by atoms with Crippen molar-refractivity contribution in [3.05, 3.63) is 29.3 Å². The molecule has 1 amide bonds. The van der Waals surface area contributed by atoms with Crippen molar-refractivity contribution in [2.75, 3.05) is 18.5 Å². The Kier molecular flexibility index (Phi) is 3.87. The van der Waals surface area contributed by atoms with Crippen LogP contribution in [0.25, 0.3) is 0 Å². The Labute approximate surface area is 108 Å². The molecule has 0 heterocycles. The third-order valence-corrected chi connectivity index (χ3v) is 3.23. The number of carbonyl (C=O) groups excluding carboxylic acids is 1. The summed E-state index contributed by atoms with van der Waals surface area (Å²) in [5.41, 5.74) is 8.96. The van der Waals surface area contributed by atoms with Gasteiger partial charge in [-0.1, -0.05) is 12.1 Å². The van der Waals surface area contributed by atoms with E-state index in [0.717, 1.165) is 29.7 Å². The summed E-state index contributed by atoms with van der Waals surface area (Å²) in [4.78, 5) is 13.7. The van der Waals surface area contributed by atoms with E-state index in [0.29, 0.717) is 19.1 Å². The first-order valence-electron chi connectivity index (χ1n) is 6.40. The summed E-state index contributed by atoms with van der Waals surface area (Å²) in [7, 11) is 1.94. The van der Waals surface area contributed by atoms with Crippen LogP contribution >= 0.6 is 0 Å². The number of likely N-dealkylation sites (N-methyl/N-ethyl adjacent to an activating group) is 1. The van der Waals surface area contributed by atoms with E-state index in [1.807, 2.05) is 31.0 Å². The molecule has 0 spiro atoms. The zero-order chi connectivity index (χ0) is 13.1. The monoisotopic (exact) mass is 247 g/mol. The van der Waals surface area contributed by atoms with E-state index in [-0.39, 0.29) is 5.91 Å². The Bertz CT molecular complexity index is 441. The van der Waals surface area contributed by atoms with Gasteiger partial charge in [0.15, 0.2) is 0 Å². The topological polar surface area (TPSA) is 58.4 Å². The normalized spacial score (nSPS) is 14.4. The molecule has 4 heteroatoms. The highest BCUT2D eigenvalue weighted by Crippen LogP contribution is 2.21. The molecular formula is C14H21N3O. The average molecular weight is 247 g/mol. The lowest BCUT2D eigenvalue weighted by molar-refractivity contribution is -0.119. The van der Waals surface area contributed by atoms with Gasteiger partial charge in [-0.2, -0.15) is 0 Å². The Balaban J connectivity index is 1.98. The Morgan fingerprint density at radius 3 is 2.78 bits per heavy atom. The summed E-state index contributed by atoms with van der Waals surface area (Å²) in [5, 5.41) is 3.00. The molecule has 0 unspecified atom stereocenters. The number of nitrogens with two attached hydrogens (primary N) is 1. The van der Waals surface area contributed by atoms with Gasteiger partial charge in [0.05, 0.1) is 6.54 Å². The zero-order valence-electron chi connectivity index (χ0n) is 11.1. The lowest BCUT2D eigenvalue weighted by Gasteiger charge is -2.21. The predicted molar refractivity (Wildman–Crippen MR) is 73.5 cm³/mol. The highest BCUT2D eigenvalue weighted by Gasteiger charge is 2.23. The molecule has 0 aliphatic heterocycles. The van der Waals surface area contributed by atoms with Crippen molar-refractivity contribution in [1.29, 1.82) is 0 Å². The van der Waals surface area contributed by atoms with E-state index in [1.165, 1.54) is 0 Å². The van der Waals surface area contributed by atoms with E-state index in [1.54, 1.807) is 0 Å². The number of hydrogen-bond acceptors (Lipinski definition) is 3. The summed E-state index contributed by atoms with van der Waals surface area (Å²) >= 11 is 0. The van der Waals surface area contributed by atoms with Crippen LogP contribution in [0.2, 0.25) is 0 Å². The lowest BCUT2D eigenvalue weighted by Crippen LogP contribution is -2.36. The van der Waals surface area contributed by atoms with Crippen molar-refractivity contribution in [1.82, 2.24) is 5.32 Å². The minimum absolute atomic E-state index is 0.0994. The number of anilines is 1. The highest BCUT2D eigenvalue weighted by atomic mass is 16.2. The van der Waals surface area contributed by atoms with Crippen LogP contribution in [0.1, 0.15) is 24.0 Å². The number of hydrogen-bond donors (Lipinski definition) is 2. The maximum Gasteiger partial charge on any atom is 0.239 e. The van der Waals surface area contributed by atoms with Crippen molar-refractivity contribution >= 4 is 11.6 Å². The summed E-state index contributed by atoms with van der Waals surface area (Å²) in [6, 6.07) is 6.54. The summed E-state index contributed by atoms with van der Waals surface area (Å²) in [6.45, 7) is 3.00.